The van der Waals surface area contributed by atoms with Crippen molar-refractivity contribution < 1.29 is 0 Å². The molecule has 26 heavy (non-hydrogen) atoms. The molecule has 0 saturated carbocycles. The first-order chi connectivity index (χ1) is 12.3. The number of nitrogens with one attached hydrogen (secondary N) is 2. The highest BCUT2D eigenvalue weighted by atomic mass is 127. The zero-order chi connectivity index (χ0) is 17.3. The van der Waals surface area contributed by atoms with Gasteiger partial charge in [0.05, 0.1) is 6.54 Å². The van der Waals surface area contributed by atoms with Gasteiger partial charge < -0.3 is 19.8 Å². The van der Waals surface area contributed by atoms with Gasteiger partial charge in [0.2, 0.25) is 0 Å². The summed E-state index contributed by atoms with van der Waals surface area (Å²) in [5.41, 5.74) is 1.26. The van der Waals surface area contributed by atoms with Gasteiger partial charge in [-0.3, -0.25) is 4.99 Å². The summed E-state index contributed by atoms with van der Waals surface area (Å²) in [5, 5.41) is 6.64. The molecule has 0 radical (unpaired) electrons. The molecule has 0 spiro atoms. The van der Waals surface area contributed by atoms with Crippen LogP contribution < -0.4 is 10.6 Å². The van der Waals surface area contributed by atoms with Crippen molar-refractivity contribution in [2.24, 2.45) is 4.99 Å². The highest BCUT2D eigenvalue weighted by Gasteiger charge is 2.05. The van der Waals surface area contributed by atoms with E-state index < -0.39 is 0 Å². The summed E-state index contributed by atoms with van der Waals surface area (Å²) >= 11 is 0. The molecule has 0 atom stereocenters. The van der Waals surface area contributed by atoms with E-state index in [9.17, 15) is 0 Å². The van der Waals surface area contributed by atoms with Crippen LogP contribution in [0.25, 0.3) is 0 Å². The molecule has 1 aromatic carbocycles. The summed E-state index contributed by atoms with van der Waals surface area (Å²) in [6, 6.07) is 14.4. The molecule has 0 amide bonds. The van der Waals surface area contributed by atoms with E-state index in [0.29, 0.717) is 6.54 Å². The maximum atomic E-state index is 4.45. The summed E-state index contributed by atoms with van der Waals surface area (Å²) < 4.78 is 4.28. The molecule has 2 heterocycles. The Morgan fingerprint density at radius 1 is 1.04 bits per heavy atom. The minimum atomic E-state index is 0. The molecule has 0 saturated heterocycles. The Labute approximate surface area is 171 Å². The van der Waals surface area contributed by atoms with Crippen LogP contribution in [0.1, 0.15) is 11.4 Å². The van der Waals surface area contributed by atoms with Gasteiger partial charge >= 0.3 is 0 Å². The van der Waals surface area contributed by atoms with Crippen molar-refractivity contribution in [1.82, 2.24) is 24.8 Å². The number of aromatic nitrogens is 3. The van der Waals surface area contributed by atoms with Crippen molar-refractivity contribution in [1.29, 1.82) is 0 Å². The fourth-order valence-electron chi connectivity index (χ4n) is 2.64. The summed E-state index contributed by atoms with van der Waals surface area (Å²) in [7, 11) is 1.78. The summed E-state index contributed by atoms with van der Waals surface area (Å²) in [6.07, 6.45) is 7.95. The number of hydrogen-bond donors (Lipinski definition) is 2. The zero-order valence-corrected chi connectivity index (χ0v) is 17.2. The molecule has 3 rings (SSSR count). The van der Waals surface area contributed by atoms with E-state index in [0.717, 1.165) is 31.4 Å². The second-order valence-electron chi connectivity index (χ2n) is 5.73. The van der Waals surface area contributed by atoms with Crippen LogP contribution in [0.15, 0.2) is 72.2 Å². The van der Waals surface area contributed by atoms with Gasteiger partial charge in [-0.25, -0.2) is 4.98 Å². The molecule has 6 nitrogen and oxygen atoms in total. The number of rotatable bonds is 7. The lowest BCUT2D eigenvalue weighted by Gasteiger charge is -2.13. The largest absolute Gasteiger partial charge is 0.355 e. The highest BCUT2D eigenvalue weighted by Crippen LogP contribution is 2.05. The molecule has 2 aromatic heterocycles. The van der Waals surface area contributed by atoms with Crippen molar-refractivity contribution in [3.63, 3.8) is 0 Å². The third kappa shape index (κ3) is 5.91. The first kappa shape index (κ1) is 20.0. The molecule has 0 bridgehead atoms. The maximum absolute atomic E-state index is 4.45. The van der Waals surface area contributed by atoms with Crippen LogP contribution in [0, 0.1) is 0 Å². The van der Waals surface area contributed by atoms with Gasteiger partial charge in [-0.05, 0) is 17.7 Å². The van der Waals surface area contributed by atoms with Crippen molar-refractivity contribution in [2.45, 2.75) is 19.6 Å². The lowest BCUT2D eigenvalue weighted by atomic mass is 10.2. The highest BCUT2D eigenvalue weighted by molar-refractivity contribution is 14.0. The third-order valence-electron chi connectivity index (χ3n) is 3.96. The first-order valence-corrected chi connectivity index (χ1v) is 8.44. The fourth-order valence-corrected chi connectivity index (χ4v) is 2.64. The summed E-state index contributed by atoms with van der Waals surface area (Å²) in [4.78, 5) is 8.72. The molecule has 0 aliphatic heterocycles. The van der Waals surface area contributed by atoms with Crippen LogP contribution in [0.2, 0.25) is 0 Å². The molecule has 0 aliphatic carbocycles. The smallest absolute Gasteiger partial charge is 0.191 e. The zero-order valence-electron chi connectivity index (χ0n) is 14.9. The van der Waals surface area contributed by atoms with E-state index in [1.807, 2.05) is 30.6 Å². The molecule has 0 unspecified atom stereocenters. The molecule has 3 aromatic rings. The Bertz CT molecular complexity index is 779. The predicted octanol–water partition coefficient (Wildman–Crippen LogP) is 2.72. The Hall–Kier alpha value is -2.29. The molecule has 7 heteroatoms. The quantitative estimate of drug-likeness (QED) is 0.321. The molecular weight excluding hydrogens is 439 g/mol. The van der Waals surface area contributed by atoms with Crippen LogP contribution in [0.3, 0.4) is 0 Å². The molecule has 0 fully saturated rings. The summed E-state index contributed by atoms with van der Waals surface area (Å²) in [5.74, 6) is 1.76. The minimum absolute atomic E-state index is 0. The number of hydrogen-bond acceptors (Lipinski definition) is 2. The molecule has 2 N–H and O–H groups in total. The lowest BCUT2D eigenvalue weighted by Crippen LogP contribution is -2.38. The normalized spacial score (nSPS) is 11.0. The molecule has 0 aliphatic rings. The third-order valence-corrected chi connectivity index (χ3v) is 3.96. The Kier molecular flexibility index (Phi) is 8.20. The van der Waals surface area contributed by atoms with E-state index in [1.54, 1.807) is 7.05 Å². The van der Waals surface area contributed by atoms with Gasteiger partial charge in [0.15, 0.2) is 5.96 Å². The van der Waals surface area contributed by atoms with Crippen LogP contribution >= 0.6 is 24.0 Å². The van der Waals surface area contributed by atoms with E-state index in [2.05, 4.69) is 66.4 Å². The van der Waals surface area contributed by atoms with Crippen LogP contribution in [-0.4, -0.2) is 33.7 Å². The van der Waals surface area contributed by atoms with Crippen LogP contribution in [0.4, 0.5) is 0 Å². The number of nitrogens with zero attached hydrogens (tertiary/aromatic N) is 4. The number of imidazole rings is 1. The topological polar surface area (TPSA) is 59.2 Å². The van der Waals surface area contributed by atoms with E-state index in [-0.39, 0.29) is 24.0 Å². The van der Waals surface area contributed by atoms with E-state index >= 15 is 0 Å². The van der Waals surface area contributed by atoms with E-state index in [1.165, 1.54) is 5.56 Å². The average Bonchev–Trinajstić information content (AvgIpc) is 3.31. The fraction of sp³-hybridized carbons (Fsp3) is 0.263. The van der Waals surface area contributed by atoms with Gasteiger partial charge in [-0.2, -0.15) is 0 Å². The van der Waals surface area contributed by atoms with Gasteiger partial charge in [-0.1, -0.05) is 30.3 Å². The SMILES string of the molecule is CN=C(NCCn1cccc1)NCc1nccn1Cc1ccccc1.I. The number of halogens is 1. The number of guanidine groups is 1. The standard InChI is InChI=1S/C19H24N6.HI/c1-20-19(22-9-13-24-11-5-6-12-24)23-15-18-21-10-14-25(18)16-17-7-3-2-4-8-17;/h2-8,10-12,14H,9,13,15-16H2,1H3,(H2,20,22,23);1H. The maximum Gasteiger partial charge on any atom is 0.191 e. The average molecular weight is 464 g/mol. The van der Waals surface area contributed by atoms with Gasteiger partial charge in [-0.15, -0.1) is 24.0 Å². The number of aliphatic imine (C=N–C) groups is 1. The monoisotopic (exact) mass is 464 g/mol. The van der Waals surface area contributed by atoms with Crippen molar-refractivity contribution in [3.8, 4) is 0 Å². The predicted molar refractivity (Wildman–Crippen MR) is 116 cm³/mol. The minimum Gasteiger partial charge on any atom is -0.355 e. The van der Waals surface area contributed by atoms with Gasteiger partial charge in [0.25, 0.3) is 0 Å². The number of benzene rings is 1. The molecular formula is C19H25IN6. The first-order valence-electron chi connectivity index (χ1n) is 8.44. The van der Waals surface area contributed by atoms with Crippen molar-refractivity contribution in [2.75, 3.05) is 13.6 Å². The van der Waals surface area contributed by atoms with Gasteiger partial charge in [0, 0.05) is 51.5 Å². The second-order valence-corrected chi connectivity index (χ2v) is 5.73. The molecule has 138 valence electrons. The second kappa shape index (κ2) is 10.6. The van der Waals surface area contributed by atoms with Gasteiger partial charge in [0.1, 0.15) is 5.82 Å². The lowest BCUT2D eigenvalue weighted by molar-refractivity contribution is 0.653. The van der Waals surface area contributed by atoms with Crippen molar-refractivity contribution in [3.05, 3.63) is 78.6 Å². The Balaban J connectivity index is 0.00000243. The Morgan fingerprint density at radius 3 is 2.54 bits per heavy atom. The summed E-state index contributed by atoms with van der Waals surface area (Å²) in [6.45, 7) is 3.16. The van der Waals surface area contributed by atoms with Crippen LogP contribution in [0.5, 0.6) is 0 Å². The van der Waals surface area contributed by atoms with Crippen molar-refractivity contribution >= 4 is 29.9 Å². The van der Waals surface area contributed by atoms with E-state index in [4.69, 9.17) is 0 Å². The Morgan fingerprint density at radius 2 is 1.81 bits per heavy atom. The van der Waals surface area contributed by atoms with Crippen LogP contribution in [-0.2, 0) is 19.6 Å².